The highest BCUT2D eigenvalue weighted by Crippen LogP contribution is 2.19. The molecule has 3 aromatic rings. The second-order valence-electron chi connectivity index (χ2n) is 6.22. The van der Waals surface area contributed by atoms with Crippen LogP contribution in [0.15, 0.2) is 48.9 Å². The molecule has 6 nitrogen and oxygen atoms in total. The maximum atomic E-state index is 4.45. The first-order chi connectivity index (χ1) is 12.4. The number of pyridine rings is 1. The molecule has 0 radical (unpaired) electrons. The number of anilines is 2. The van der Waals surface area contributed by atoms with Crippen LogP contribution in [0.1, 0.15) is 12.0 Å². The van der Waals surface area contributed by atoms with Gasteiger partial charge in [-0.2, -0.15) is 0 Å². The quantitative estimate of drug-likeness (QED) is 0.764. The Morgan fingerprint density at radius 1 is 0.920 bits per heavy atom. The van der Waals surface area contributed by atoms with Gasteiger partial charge in [0.15, 0.2) is 0 Å². The smallest absolute Gasteiger partial charge is 0.128 e. The number of hydrogen-bond donors (Lipinski definition) is 2. The Labute approximate surface area is 147 Å². The number of nitrogens with one attached hydrogen (secondary N) is 2. The molecule has 128 valence electrons. The lowest BCUT2D eigenvalue weighted by Crippen LogP contribution is -2.27. The van der Waals surface area contributed by atoms with Gasteiger partial charge in [0.25, 0.3) is 0 Å². The van der Waals surface area contributed by atoms with Gasteiger partial charge in [-0.3, -0.25) is 9.97 Å². The second kappa shape index (κ2) is 7.44. The Kier molecular flexibility index (Phi) is 4.70. The summed E-state index contributed by atoms with van der Waals surface area (Å²) in [6, 6.07) is 10.4. The SMILES string of the molecule is c1cc(N2CCCNCC2)cc(NCc2ccc3nccnc3c2)n1. The third-order valence-electron chi connectivity index (χ3n) is 4.46. The predicted molar refractivity (Wildman–Crippen MR) is 101 cm³/mol. The summed E-state index contributed by atoms with van der Waals surface area (Å²) < 4.78 is 0. The van der Waals surface area contributed by atoms with E-state index in [0.717, 1.165) is 43.0 Å². The van der Waals surface area contributed by atoms with E-state index in [0.29, 0.717) is 6.54 Å². The lowest BCUT2D eigenvalue weighted by Gasteiger charge is -2.22. The topological polar surface area (TPSA) is 66.0 Å². The Hall–Kier alpha value is -2.73. The Morgan fingerprint density at radius 3 is 2.80 bits per heavy atom. The van der Waals surface area contributed by atoms with Crippen molar-refractivity contribution in [2.45, 2.75) is 13.0 Å². The molecular weight excluding hydrogens is 312 g/mol. The maximum Gasteiger partial charge on any atom is 0.128 e. The van der Waals surface area contributed by atoms with Gasteiger partial charge in [-0.25, -0.2) is 4.98 Å². The maximum absolute atomic E-state index is 4.45. The minimum atomic E-state index is 0.713. The predicted octanol–water partition coefficient (Wildman–Crippen LogP) is 2.44. The van der Waals surface area contributed by atoms with E-state index >= 15 is 0 Å². The van der Waals surface area contributed by atoms with Gasteiger partial charge in [0, 0.05) is 56.5 Å². The fourth-order valence-corrected chi connectivity index (χ4v) is 3.13. The molecule has 1 fully saturated rings. The molecule has 1 aliphatic heterocycles. The molecular formula is C19H22N6. The Balaban J connectivity index is 1.45. The number of nitrogens with zero attached hydrogens (tertiary/aromatic N) is 4. The van der Waals surface area contributed by atoms with Crippen molar-refractivity contribution in [3.63, 3.8) is 0 Å². The highest BCUT2D eigenvalue weighted by molar-refractivity contribution is 5.74. The summed E-state index contributed by atoms with van der Waals surface area (Å²) >= 11 is 0. The molecule has 0 saturated carbocycles. The van der Waals surface area contributed by atoms with Crippen molar-refractivity contribution in [3.8, 4) is 0 Å². The normalized spacial score (nSPS) is 15.1. The van der Waals surface area contributed by atoms with Crippen molar-refractivity contribution >= 4 is 22.5 Å². The van der Waals surface area contributed by atoms with Gasteiger partial charge < -0.3 is 15.5 Å². The zero-order valence-electron chi connectivity index (χ0n) is 14.2. The zero-order valence-corrected chi connectivity index (χ0v) is 14.2. The molecule has 0 bridgehead atoms. The van der Waals surface area contributed by atoms with E-state index in [1.807, 2.05) is 12.3 Å². The summed E-state index contributed by atoms with van der Waals surface area (Å²) in [4.78, 5) is 15.5. The van der Waals surface area contributed by atoms with Crippen LogP contribution in [-0.2, 0) is 6.54 Å². The van der Waals surface area contributed by atoms with E-state index in [1.54, 1.807) is 12.4 Å². The summed E-state index contributed by atoms with van der Waals surface area (Å²) in [7, 11) is 0. The van der Waals surface area contributed by atoms with Crippen molar-refractivity contribution in [1.29, 1.82) is 0 Å². The fourth-order valence-electron chi connectivity index (χ4n) is 3.13. The number of fused-ring (bicyclic) bond motifs is 1. The summed E-state index contributed by atoms with van der Waals surface area (Å²) in [6.45, 7) is 4.96. The monoisotopic (exact) mass is 334 g/mol. The van der Waals surface area contributed by atoms with Crippen molar-refractivity contribution in [1.82, 2.24) is 20.3 Å². The highest BCUT2D eigenvalue weighted by Gasteiger charge is 2.10. The van der Waals surface area contributed by atoms with Crippen LogP contribution in [0.5, 0.6) is 0 Å². The molecule has 2 aromatic heterocycles. The van der Waals surface area contributed by atoms with Gasteiger partial charge in [0.1, 0.15) is 5.82 Å². The van der Waals surface area contributed by atoms with Crippen molar-refractivity contribution < 1.29 is 0 Å². The fraction of sp³-hybridized carbons (Fsp3) is 0.316. The van der Waals surface area contributed by atoms with Crippen molar-refractivity contribution in [2.24, 2.45) is 0 Å². The lowest BCUT2D eigenvalue weighted by atomic mass is 10.2. The van der Waals surface area contributed by atoms with Crippen LogP contribution >= 0.6 is 0 Å². The minimum absolute atomic E-state index is 0.713. The molecule has 3 heterocycles. The molecule has 1 aromatic carbocycles. The number of benzene rings is 1. The molecule has 2 N–H and O–H groups in total. The van der Waals surface area contributed by atoms with E-state index in [-0.39, 0.29) is 0 Å². The molecule has 25 heavy (non-hydrogen) atoms. The molecule has 0 atom stereocenters. The third-order valence-corrected chi connectivity index (χ3v) is 4.46. The zero-order chi connectivity index (χ0) is 16.9. The second-order valence-corrected chi connectivity index (χ2v) is 6.22. The minimum Gasteiger partial charge on any atom is -0.370 e. The summed E-state index contributed by atoms with van der Waals surface area (Å²) in [5, 5.41) is 6.86. The Morgan fingerprint density at radius 2 is 1.84 bits per heavy atom. The van der Waals surface area contributed by atoms with Crippen LogP contribution in [0, 0.1) is 0 Å². The molecule has 1 saturated heterocycles. The lowest BCUT2D eigenvalue weighted by molar-refractivity contribution is 0.724. The summed E-state index contributed by atoms with van der Waals surface area (Å²) in [5.41, 5.74) is 4.23. The molecule has 1 aliphatic rings. The third kappa shape index (κ3) is 3.85. The molecule has 0 unspecified atom stereocenters. The van der Waals surface area contributed by atoms with E-state index in [2.05, 4.69) is 54.8 Å². The van der Waals surface area contributed by atoms with E-state index in [4.69, 9.17) is 0 Å². The van der Waals surface area contributed by atoms with Gasteiger partial charge in [-0.05, 0) is 36.7 Å². The number of hydrogen-bond acceptors (Lipinski definition) is 6. The van der Waals surface area contributed by atoms with E-state index < -0.39 is 0 Å². The van der Waals surface area contributed by atoms with Crippen molar-refractivity contribution in [2.75, 3.05) is 36.4 Å². The molecule has 4 rings (SSSR count). The van der Waals surface area contributed by atoms with Crippen LogP contribution in [0.3, 0.4) is 0 Å². The first kappa shape index (κ1) is 15.8. The van der Waals surface area contributed by atoms with Gasteiger partial charge >= 0.3 is 0 Å². The van der Waals surface area contributed by atoms with Gasteiger partial charge in [0.2, 0.25) is 0 Å². The molecule has 6 heteroatoms. The van der Waals surface area contributed by atoms with Crippen molar-refractivity contribution in [3.05, 3.63) is 54.5 Å². The molecule has 0 spiro atoms. The van der Waals surface area contributed by atoms with Gasteiger partial charge in [0.05, 0.1) is 11.0 Å². The summed E-state index contributed by atoms with van der Waals surface area (Å²) in [5.74, 6) is 0.897. The van der Waals surface area contributed by atoms with Gasteiger partial charge in [-0.1, -0.05) is 6.07 Å². The van der Waals surface area contributed by atoms with Crippen LogP contribution < -0.4 is 15.5 Å². The van der Waals surface area contributed by atoms with Gasteiger partial charge in [-0.15, -0.1) is 0 Å². The highest BCUT2D eigenvalue weighted by atomic mass is 15.2. The number of rotatable bonds is 4. The van der Waals surface area contributed by atoms with E-state index in [9.17, 15) is 0 Å². The molecule has 0 aliphatic carbocycles. The van der Waals surface area contributed by atoms with E-state index in [1.165, 1.54) is 17.7 Å². The number of aromatic nitrogens is 3. The largest absolute Gasteiger partial charge is 0.370 e. The first-order valence-corrected chi connectivity index (χ1v) is 8.74. The van der Waals surface area contributed by atoms with Crippen LogP contribution in [0.4, 0.5) is 11.5 Å². The molecule has 0 amide bonds. The average Bonchev–Trinajstić information content (AvgIpc) is 2.96. The average molecular weight is 334 g/mol. The Bertz CT molecular complexity index is 842. The standard InChI is InChI=1S/C19H22N6/c1-5-20-9-11-25(10-1)16-4-6-23-19(13-16)24-14-15-2-3-17-18(12-15)22-8-7-21-17/h2-4,6-8,12-13,20H,1,5,9-11,14H2,(H,23,24). The first-order valence-electron chi connectivity index (χ1n) is 8.74. The summed E-state index contributed by atoms with van der Waals surface area (Å²) in [6.07, 6.45) is 6.49. The van der Waals surface area contributed by atoms with Crippen LogP contribution in [0.2, 0.25) is 0 Å². The van der Waals surface area contributed by atoms with Crippen LogP contribution in [0.25, 0.3) is 11.0 Å². The van der Waals surface area contributed by atoms with Crippen LogP contribution in [-0.4, -0.2) is 41.1 Å².